The van der Waals surface area contributed by atoms with Gasteiger partial charge in [-0.15, -0.1) is 23.7 Å². The average Bonchev–Trinajstić information content (AvgIpc) is 3.10. The molecule has 0 radical (unpaired) electrons. The molecule has 0 aliphatic carbocycles. The molecule has 2 heterocycles. The molecular weight excluding hydrogens is 306 g/mol. The maximum atomic E-state index is 12.0. The molecule has 1 fully saturated rings. The minimum atomic E-state index is -0.0455. The van der Waals surface area contributed by atoms with Crippen molar-refractivity contribution in [3.8, 4) is 11.3 Å². The first-order valence-electron chi connectivity index (χ1n) is 6.79. The van der Waals surface area contributed by atoms with Gasteiger partial charge in [0.15, 0.2) is 0 Å². The van der Waals surface area contributed by atoms with Crippen LogP contribution in [0.2, 0.25) is 0 Å². The van der Waals surface area contributed by atoms with Crippen molar-refractivity contribution in [1.82, 2.24) is 10.3 Å². The summed E-state index contributed by atoms with van der Waals surface area (Å²) >= 11 is 1.64. The second-order valence-corrected chi connectivity index (χ2v) is 6.03. The molecule has 0 spiro atoms. The van der Waals surface area contributed by atoms with Gasteiger partial charge in [0, 0.05) is 16.6 Å². The summed E-state index contributed by atoms with van der Waals surface area (Å²) in [5.41, 5.74) is 2.90. The monoisotopic (exact) mass is 323 g/mol. The molecule has 2 N–H and O–H groups in total. The number of hydrogen-bond donors (Lipinski definition) is 2. The van der Waals surface area contributed by atoms with Crippen LogP contribution in [0.1, 0.15) is 17.8 Å². The number of aryl methyl sites for hydroxylation is 1. The van der Waals surface area contributed by atoms with E-state index in [1.54, 1.807) is 11.3 Å². The number of rotatable bonds is 3. The molecular formula is C15H18ClN3OS. The zero-order valence-corrected chi connectivity index (χ0v) is 13.4. The third-order valence-electron chi connectivity index (χ3n) is 3.44. The van der Waals surface area contributed by atoms with Gasteiger partial charge in [-0.2, -0.15) is 0 Å². The lowest BCUT2D eigenvalue weighted by Gasteiger charge is -2.11. The van der Waals surface area contributed by atoms with Crippen LogP contribution in [0.3, 0.4) is 0 Å². The van der Waals surface area contributed by atoms with Gasteiger partial charge in [-0.3, -0.25) is 4.79 Å². The molecule has 1 atom stereocenters. The lowest BCUT2D eigenvalue weighted by molar-refractivity contribution is -0.117. The van der Waals surface area contributed by atoms with Gasteiger partial charge in [0.05, 0.1) is 16.7 Å². The highest BCUT2D eigenvalue weighted by molar-refractivity contribution is 7.09. The first-order valence-corrected chi connectivity index (χ1v) is 7.67. The molecule has 21 heavy (non-hydrogen) atoms. The molecule has 1 saturated heterocycles. The Labute approximate surface area is 134 Å². The summed E-state index contributed by atoms with van der Waals surface area (Å²) in [6, 6.07) is 7.79. The van der Waals surface area contributed by atoms with E-state index in [0.29, 0.717) is 0 Å². The van der Waals surface area contributed by atoms with Crippen molar-refractivity contribution in [2.75, 3.05) is 11.9 Å². The van der Waals surface area contributed by atoms with E-state index < -0.39 is 0 Å². The number of nitrogens with zero attached hydrogens (tertiary/aromatic N) is 1. The van der Waals surface area contributed by atoms with Crippen molar-refractivity contribution in [3.05, 3.63) is 34.7 Å². The number of thiazole rings is 1. The first kappa shape index (κ1) is 15.9. The molecule has 0 saturated carbocycles. The fourth-order valence-corrected chi connectivity index (χ4v) is 2.98. The summed E-state index contributed by atoms with van der Waals surface area (Å²) in [5.74, 6) is 0.0553. The predicted octanol–water partition coefficient (Wildman–Crippen LogP) is 3.23. The number of carbonyl (C=O) groups is 1. The van der Waals surface area contributed by atoms with Crippen LogP contribution in [-0.2, 0) is 4.79 Å². The van der Waals surface area contributed by atoms with Crippen LogP contribution in [0.15, 0.2) is 29.6 Å². The number of nitrogens with one attached hydrogen (secondary N) is 2. The Bertz CT molecular complexity index is 606. The SMILES string of the molecule is Cc1nc(-c2ccc(NC(=O)C3CCCN3)cc2)cs1.Cl. The molecule has 1 aliphatic rings. The molecule has 1 aliphatic heterocycles. The fourth-order valence-electron chi connectivity index (χ4n) is 2.36. The first-order chi connectivity index (χ1) is 9.72. The second kappa shape index (κ2) is 7.02. The summed E-state index contributed by atoms with van der Waals surface area (Å²) in [6.45, 7) is 2.93. The van der Waals surface area contributed by atoms with Crippen LogP contribution in [0.4, 0.5) is 5.69 Å². The van der Waals surface area contributed by atoms with E-state index in [1.165, 1.54) is 0 Å². The Morgan fingerprint density at radius 3 is 2.71 bits per heavy atom. The average molecular weight is 324 g/mol. The number of halogens is 1. The van der Waals surface area contributed by atoms with Crippen LogP contribution in [0.25, 0.3) is 11.3 Å². The third kappa shape index (κ3) is 3.81. The molecule has 1 aromatic carbocycles. The van der Waals surface area contributed by atoms with Crippen LogP contribution in [0, 0.1) is 6.92 Å². The zero-order valence-electron chi connectivity index (χ0n) is 11.8. The lowest BCUT2D eigenvalue weighted by Crippen LogP contribution is -2.35. The lowest BCUT2D eigenvalue weighted by atomic mass is 10.1. The molecule has 1 aromatic heterocycles. The van der Waals surface area contributed by atoms with Crippen molar-refractivity contribution in [1.29, 1.82) is 0 Å². The summed E-state index contributed by atoms with van der Waals surface area (Å²) in [5, 5.41) is 9.25. The van der Waals surface area contributed by atoms with E-state index >= 15 is 0 Å². The molecule has 3 rings (SSSR count). The number of benzene rings is 1. The minimum Gasteiger partial charge on any atom is -0.325 e. The van der Waals surface area contributed by atoms with E-state index in [-0.39, 0.29) is 24.4 Å². The summed E-state index contributed by atoms with van der Waals surface area (Å²) in [7, 11) is 0. The van der Waals surface area contributed by atoms with Crippen LogP contribution in [-0.4, -0.2) is 23.5 Å². The standard InChI is InChI=1S/C15H17N3OS.ClH/c1-10-17-14(9-20-10)11-4-6-12(7-5-11)18-15(19)13-3-2-8-16-13;/h4-7,9,13,16H,2-3,8H2,1H3,(H,18,19);1H. The molecule has 0 bridgehead atoms. The van der Waals surface area contributed by atoms with Crippen LogP contribution < -0.4 is 10.6 Å². The Kier molecular flexibility index (Phi) is 5.33. The van der Waals surface area contributed by atoms with Crippen molar-refractivity contribution < 1.29 is 4.79 Å². The smallest absolute Gasteiger partial charge is 0.241 e. The Balaban J connectivity index is 0.00000161. The minimum absolute atomic E-state index is 0. The largest absolute Gasteiger partial charge is 0.325 e. The van der Waals surface area contributed by atoms with Gasteiger partial charge >= 0.3 is 0 Å². The predicted molar refractivity (Wildman–Crippen MR) is 89.2 cm³/mol. The van der Waals surface area contributed by atoms with Crippen molar-refractivity contribution in [3.63, 3.8) is 0 Å². The molecule has 1 amide bonds. The zero-order chi connectivity index (χ0) is 13.9. The number of aromatic nitrogens is 1. The Morgan fingerprint density at radius 1 is 1.38 bits per heavy atom. The van der Waals surface area contributed by atoms with Gasteiger partial charge < -0.3 is 10.6 Å². The van der Waals surface area contributed by atoms with Gasteiger partial charge in [0.25, 0.3) is 0 Å². The third-order valence-corrected chi connectivity index (χ3v) is 4.22. The maximum absolute atomic E-state index is 12.0. The normalized spacial score (nSPS) is 17.3. The maximum Gasteiger partial charge on any atom is 0.241 e. The van der Waals surface area contributed by atoms with E-state index in [0.717, 1.165) is 41.3 Å². The Hall–Kier alpha value is -1.43. The van der Waals surface area contributed by atoms with Crippen LogP contribution >= 0.6 is 23.7 Å². The topological polar surface area (TPSA) is 54.0 Å². The molecule has 4 nitrogen and oxygen atoms in total. The summed E-state index contributed by atoms with van der Waals surface area (Å²) in [4.78, 5) is 16.4. The van der Waals surface area contributed by atoms with Gasteiger partial charge in [0.1, 0.15) is 0 Å². The van der Waals surface area contributed by atoms with Gasteiger partial charge in [-0.25, -0.2) is 4.98 Å². The Morgan fingerprint density at radius 2 is 2.14 bits per heavy atom. The number of carbonyl (C=O) groups excluding carboxylic acids is 1. The highest BCUT2D eigenvalue weighted by atomic mass is 35.5. The second-order valence-electron chi connectivity index (χ2n) is 4.97. The number of hydrogen-bond acceptors (Lipinski definition) is 4. The van der Waals surface area contributed by atoms with Crippen LogP contribution in [0.5, 0.6) is 0 Å². The highest BCUT2D eigenvalue weighted by Crippen LogP contribution is 2.23. The molecule has 112 valence electrons. The van der Waals surface area contributed by atoms with E-state index in [9.17, 15) is 4.79 Å². The number of anilines is 1. The quantitative estimate of drug-likeness (QED) is 0.911. The van der Waals surface area contributed by atoms with Crippen molar-refractivity contribution in [2.24, 2.45) is 0 Å². The van der Waals surface area contributed by atoms with Gasteiger partial charge in [0.2, 0.25) is 5.91 Å². The number of amides is 1. The molecule has 2 aromatic rings. The molecule has 6 heteroatoms. The van der Waals surface area contributed by atoms with Gasteiger partial charge in [-0.1, -0.05) is 12.1 Å². The van der Waals surface area contributed by atoms with Gasteiger partial charge in [-0.05, 0) is 38.4 Å². The van der Waals surface area contributed by atoms with Crippen molar-refractivity contribution in [2.45, 2.75) is 25.8 Å². The molecule has 1 unspecified atom stereocenters. The van der Waals surface area contributed by atoms with Crippen molar-refractivity contribution >= 4 is 35.3 Å². The summed E-state index contributed by atoms with van der Waals surface area (Å²) in [6.07, 6.45) is 1.99. The van der Waals surface area contributed by atoms with E-state index in [2.05, 4.69) is 15.6 Å². The van der Waals surface area contributed by atoms with E-state index in [4.69, 9.17) is 0 Å². The summed E-state index contributed by atoms with van der Waals surface area (Å²) < 4.78 is 0. The fraction of sp³-hybridized carbons (Fsp3) is 0.333. The van der Waals surface area contributed by atoms with E-state index in [1.807, 2.05) is 36.6 Å². The highest BCUT2D eigenvalue weighted by Gasteiger charge is 2.21.